The highest BCUT2D eigenvalue weighted by Crippen LogP contribution is 2.64. The van der Waals surface area contributed by atoms with Crippen LogP contribution in [0.2, 0.25) is 0 Å². The van der Waals surface area contributed by atoms with Gasteiger partial charge in [0.05, 0.1) is 11.1 Å². The van der Waals surface area contributed by atoms with Gasteiger partial charge in [0.15, 0.2) is 17.5 Å². The Morgan fingerprint density at radius 2 is 0.838 bits per heavy atom. The highest BCUT2D eigenvalue weighted by Gasteiger charge is 2.53. The fourth-order valence-electron chi connectivity index (χ4n) is 11.0. The normalized spacial score (nSPS) is 15.2. The second kappa shape index (κ2) is 16.3. The molecule has 1 heterocycles. The van der Waals surface area contributed by atoms with E-state index in [0.29, 0.717) is 17.5 Å². The minimum absolute atomic E-state index is 0.549. The van der Waals surface area contributed by atoms with E-state index in [0.717, 1.165) is 46.6 Å². The van der Waals surface area contributed by atoms with Gasteiger partial charge in [-0.15, -0.1) is 0 Å². The van der Waals surface area contributed by atoms with Gasteiger partial charge in [-0.2, -0.15) is 0 Å². The van der Waals surface area contributed by atoms with Crippen molar-refractivity contribution in [2.75, 3.05) is 4.90 Å². The Kier molecular flexibility index (Phi) is 9.50. The molecule has 0 saturated carbocycles. The summed E-state index contributed by atoms with van der Waals surface area (Å²) in [6.45, 7) is 0. The zero-order chi connectivity index (χ0) is 45.0. The van der Waals surface area contributed by atoms with Crippen molar-refractivity contribution in [1.29, 1.82) is 0 Å². The van der Waals surface area contributed by atoms with E-state index in [4.69, 9.17) is 15.0 Å². The number of aromatic nitrogens is 3. The van der Waals surface area contributed by atoms with Gasteiger partial charge in [0.1, 0.15) is 0 Å². The van der Waals surface area contributed by atoms with Gasteiger partial charge in [0, 0.05) is 33.6 Å². The first-order valence-corrected chi connectivity index (χ1v) is 23.5. The van der Waals surface area contributed by atoms with Gasteiger partial charge in [-0.05, 0) is 110 Å². The number of fused-ring (bicyclic) bond motifs is 9. The van der Waals surface area contributed by atoms with Gasteiger partial charge >= 0.3 is 0 Å². The standard InChI is InChI=1S/C64H44N4/c1-5-19-43(20-6-1)44-33-36-49(37-34-44)68(60-32-18-15-27-51(60)45-21-7-2-8-22-45)50-38-40-55-54-39-35-48(63-66-61(46-23-9-3-10-24-46)65-62(67-63)47-25-11-4-12-26-47)41-58(54)64(59(55)42-50)56-30-16-13-28-52(56)53-29-14-17-31-57(53)64/h1-16,18-30,32-42H,17,31H2. The number of benzene rings is 9. The molecule has 0 bridgehead atoms. The Bertz CT molecular complexity index is 3540. The van der Waals surface area contributed by atoms with Crippen LogP contribution in [0.25, 0.3) is 73.1 Å². The summed E-state index contributed by atoms with van der Waals surface area (Å²) in [7, 11) is 0. The zero-order valence-corrected chi connectivity index (χ0v) is 37.3. The first-order chi connectivity index (χ1) is 33.7. The van der Waals surface area contributed by atoms with Gasteiger partial charge in [-0.3, -0.25) is 0 Å². The molecule has 0 N–H and O–H groups in total. The van der Waals surface area contributed by atoms with Crippen molar-refractivity contribution in [3.8, 4) is 67.5 Å². The molecule has 0 amide bonds. The lowest BCUT2D eigenvalue weighted by atomic mass is 9.68. The molecule has 320 valence electrons. The molecule has 1 aromatic heterocycles. The van der Waals surface area contributed by atoms with Crippen LogP contribution >= 0.6 is 0 Å². The van der Waals surface area contributed by atoms with Gasteiger partial charge in [0.2, 0.25) is 0 Å². The predicted molar refractivity (Wildman–Crippen MR) is 279 cm³/mol. The number of hydrogen-bond acceptors (Lipinski definition) is 4. The summed E-state index contributed by atoms with van der Waals surface area (Å²) in [5.41, 5.74) is 20.8. The molecule has 13 rings (SSSR count). The fraction of sp³-hybridized carbons (Fsp3) is 0.0469. The maximum atomic E-state index is 5.23. The Balaban J connectivity index is 1.04. The van der Waals surface area contributed by atoms with Crippen LogP contribution in [-0.4, -0.2) is 15.0 Å². The summed E-state index contributed by atoms with van der Waals surface area (Å²) < 4.78 is 0. The fourth-order valence-corrected chi connectivity index (χ4v) is 11.0. The predicted octanol–water partition coefficient (Wildman–Crippen LogP) is 16.1. The van der Waals surface area contributed by atoms with Gasteiger partial charge in [-0.1, -0.05) is 206 Å². The molecule has 1 atom stereocenters. The molecular weight excluding hydrogens is 825 g/mol. The molecule has 0 saturated heterocycles. The van der Waals surface area contributed by atoms with Crippen molar-refractivity contribution < 1.29 is 0 Å². The molecule has 0 radical (unpaired) electrons. The maximum Gasteiger partial charge on any atom is 0.164 e. The Morgan fingerprint density at radius 1 is 0.353 bits per heavy atom. The maximum absolute atomic E-state index is 5.23. The van der Waals surface area contributed by atoms with E-state index in [2.05, 4.69) is 211 Å². The highest BCUT2D eigenvalue weighted by atomic mass is 15.1. The molecule has 10 aromatic rings. The van der Waals surface area contributed by atoms with Crippen molar-refractivity contribution in [2.24, 2.45) is 0 Å². The smallest absolute Gasteiger partial charge is 0.164 e. The number of rotatable bonds is 8. The quantitative estimate of drug-likeness (QED) is 0.153. The molecule has 68 heavy (non-hydrogen) atoms. The number of allylic oxidation sites excluding steroid dienone is 4. The van der Waals surface area contributed by atoms with Crippen molar-refractivity contribution in [3.05, 3.63) is 271 Å². The molecular formula is C64H44N4. The van der Waals surface area contributed by atoms with Gasteiger partial charge < -0.3 is 4.90 Å². The molecule has 0 fully saturated rings. The van der Waals surface area contributed by atoms with Crippen LogP contribution in [0.4, 0.5) is 17.1 Å². The lowest BCUT2D eigenvalue weighted by Crippen LogP contribution is -2.28. The van der Waals surface area contributed by atoms with E-state index in [-0.39, 0.29) is 0 Å². The average Bonchev–Trinajstić information content (AvgIpc) is 3.89. The molecule has 9 aromatic carbocycles. The topological polar surface area (TPSA) is 41.9 Å². The SMILES string of the molecule is C1=CC2=C(CC1)C1(c3ccccc32)c2cc(-c3nc(-c4ccccc4)nc(-c4ccccc4)n3)ccc2-c2ccc(N(c3ccc(-c4ccccc4)cc3)c3ccccc3-c3ccccc3)cc21. The number of hydrogen-bond donors (Lipinski definition) is 0. The van der Waals surface area contributed by atoms with E-state index in [1.807, 2.05) is 36.4 Å². The van der Waals surface area contributed by atoms with E-state index < -0.39 is 5.41 Å². The molecule has 3 aliphatic rings. The third-order valence-electron chi connectivity index (χ3n) is 14.0. The van der Waals surface area contributed by atoms with E-state index in [1.165, 1.54) is 66.8 Å². The van der Waals surface area contributed by atoms with Crippen molar-refractivity contribution in [1.82, 2.24) is 15.0 Å². The second-order valence-electron chi connectivity index (χ2n) is 17.8. The molecule has 1 unspecified atom stereocenters. The van der Waals surface area contributed by atoms with Crippen LogP contribution in [0.15, 0.2) is 248 Å². The molecule has 4 nitrogen and oxygen atoms in total. The van der Waals surface area contributed by atoms with E-state index >= 15 is 0 Å². The van der Waals surface area contributed by atoms with Crippen LogP contribution in [0, 0.1) is 0 Å². The Hall–Kier alpha value is -8.73. The van der Waals surface area contributed by atoms with Crippen LogP contribution in [0.3, 0.4) is 0 Å². The third-order valence-corrected chi connectivity index (χ3v) is 14.0. The average molecular weight is 869 g/mol. The first-order valence-electron chi connectivity index (χ1n) is 23.5. The van der Waals surface area contributed by atoms with Crippen molar-refractivity contribution >= 4 is 22.6 Å². The van der Waals surface area contributed by atoms with Crippen molar-refractivity contribution in [2.45, 2.75) is 18.3 Å². The lowest BCUT2D eigenvalue weighted by molar-refractivity contribution is 0.714. The summed E-state index contributed by atoms with van der Waals surface area (Å²) in [5, 5.41) is 0. The zero-order valence-electron chi connectivity index (χ0n) is 37.3. The second-order valence-corrected chi connectivity index (χ2v) is 17.8. The summed E-state index contributed by atoms with van der Waals surface area (Å²) in [4.78, 5) is 17.9. The molecule has 0 aliphatic heterocycles. The Morgan fingerprint density at radius 3 is 1.50 bits per heavy atom. The molecule has 4 heteroatoms. The molecule has 1 spiro atoms. The number of nitrogens with zero attached hydrogens (tertiary/aromatic N) is 4. The van der Waals surface area contributed by atoms with Crippen LogP contribution in [0.5, 0.6) is 0 Å². The minimum atomic E-state index is -0.549. The summed E-state index contributed by atoms with van der Waals surface area (Å²) in [5.74, 6) is 1.96. The monoisotopic (exact) mass is 868 g/mol. The summed E-state index contributed by atoms with van der Waals surface area (Å²) in [6.07, 6.45) is 6.66. The summed E-state index contributed by atoms with van der Waals surface area (Å²) >= 11 is 0. The number of para-hydroxylation sites is 1. The largest absolute Gasteiger partial charge is 0.310 e. The number of anilines is 3. The van der Waals surface area contributed by atoms with Gasteiger partial charge in [-0.25, -0.2) is 15.0 Å². The van der Waals surface area contributed by atoms with Crippen molar-refractivity contribution in [3.63, 3.8) is 0 Å². The Labute approximate surface area is 397 Å². The lowest BCUT2D eigenvalue weighted by Gasteiger charge is -2.35. The van der Waals surface area contributed by atoms with E-state index in [9.17, 15) is 0 Å². The highest BCUT2D eigenvalue weighted by molar-refractivity contribution is 5.99. The summed E-state index contributed by atoms with van der Waals surface area (Å²) in [6, 6.07) is 82.9. The third kappa shape index (κ3) is 6.40. The first kappa shape index (κ1) is 39.6. The molecule has 3 aliphatic carbocycles. The van der Waals surface area contributed by atoms with Crippen LogP contribution in [-0.2, 0) is 5.41 Å². The minimum Gasteiger partial charge on any atom is -0.310 e. The van der Waals surface area contributed by atoms with Crippen LogP contribution in [0.1, 0.15) is 35.1 Å². The van der Waals surface area contributed by atoms with Gasteiger partial charge in [0.25, 0.3) is 0 Å². The van der Waals surface area contributed by atoms with E-state index in [1.54, 1.807) is 0 Å². The van der Waals surface area contributed by atoms with Crippen LogP contribution < -0.4 is 4.90 Å².